The number of rotatable bonds is 7. The molecular formula is C11H15NO8S. The molecular weight excluding hydrogens is 306 g/mol. The summed E-state index contributed by atoms with van der Waals surface area (Å²) >= 11 is 0. The Labute approximate surface area is 120 Å². The molecule has 0 saturated carbocycles. The van der Waals surface area contributed by atoms with Gasteiger partial charge in [0.25, 0.3) is 10.0 Å². The van der Waals surface area contributed by atoms with Crippen molar-refractivity contribution in [1.82, 2.24) is 4.72 Å². The van der Waals surface area contributed by atoms with Crippen LogP contribution in [0.5, 0.6) is 0 Å². The van der Waals surface area contributed by atoms with E-state index in [9.17, 15) is 18.0 Å². The average Bonchev–Trinajstić information content (AvgIpc) is 2.80. The average molecular weight is 321 g/mol. The minimum Gasteiger partial charge on any atom is -0.480 e. The Morgan fingerprint density at radius 2 is 2.05 bits per heavy atom. The molecule has 0 amide bonds. The lowest BCUT2D eigenvalue weighted by atomic mass is 10.3. The van der Waals surface area contributed by atoms with Gasteiger partial charge < -0.3 is 19.0 Å². The smallest absolute Gasteiger partial charge is 0.341 e. The number of carbonyl (C=O) groups excluding carboxylic acids is 1. The minimum absolute atomic E-state index is 0.0424. The largest absolute Gasteiger partial charge is 0.480 e. The maximum Gasteiger partial charge on any atom is 0.341 e. The molecule has 0 aliphatic carbocycles. The van der Waals surface area contributed by atoms with Crippen molar-refractivity contribution in [3.63, 3.8) is 0 Å². The van der Waals surface area contributed by atoms with E-state index in [2.05, 4.69) is 9.47 Å². The molecule has 1 rings (SSSR count). The van der Waals surface area contributed by atoms with Crippen molar-refractivity contribution in [3.8, 4) is 0 Å². The van der Waals surface area contributed by atoms with Crippen LogP contribution in [-0.2, 0) is 24.3 Å². The number of aliphatic carboxylic acids is 1. The molecule has 21 heavy (non-hydrogen) atoms. The normalized spacial score (nSPS) is 12.9. The van der Waals surface area contributed by atoms with Gasteiger partial charge in [-0.1, -0.05) is 0 Å². The third-order valence-electron chi connectivity index (χ3n) is 2.49. The van der Waals surface area contributed by atoms with Gasteiger partial charge in [0, 0.05) is 13.2 Å². The van der Waals surface area contributed by atoms with Crippen LogP contribution in [-0.4, -0.2) is 52.3 Å². The highest BCUT2D eigenvalue weighted by atomic mass is 32.2. The fraction of sp³-hybridized carbons (Fsp3) is 0.455. The third-order valence-corrected chi connectivity index (χ3v) is 3.82. The summed E-state index contributed by atoms with van der Waals surface area (Å²) in [5.41, 5.74) is -0.0588. The maximum atomic E-state index is 12.0. The first-order valence-corrected chi connectivity index (χ1v) is 7.14. The lowest BCUT2D eigenvalue weighted by molar-refractivity contribution is -0.140. The summed E-state index contributed by atoms with van der Waals surface area (Å²) in [6.07, 6.45) is 0. The minimum atomic E-state index is -4.26. The molecule has 10 heteroatoms. The zero-order chi connectivity index (χ0) is 16.2. The van der Waals surface area contributed by atoms with E-state index in [0.717, 1.165) is 13.2 Å². The number of ether oxygens (including phenoxy) is 2. The van der Waals surface area contributed by atoms with Crippen molar-refractivity contribution in [2.24, 2.45) is 0 Å². The Kier molecular flexibility index (Phi) is 5.47. The fourth-order valence-electron chi connectivity index (χ4n) is 1.47. The maximum absolute atomic E-state index is 12.0. The standard InChI is InChI=1S/C11H15NO8S/c1-6-7(11(15)19-3)4-9(20-6)21(16,17)12-8(5-18-2)10(13)14/h4,8,12H,5H2,1-3H3,(H,13,14). The van der Waals surface area contributed by atoms with Gasteiger partial charge in [-0.25, -0.2) is 13.2 Å². The number of furan rings is 1. The van der Waals surface area contributed by atoms with Crippen molar-refractivity contribution in [2.75, 3.05) is 20.8 Å². The van der Waals surface area contributed by atoms with Crippen LogP contribution in [0.3, 0.4) is 0 Å². The first-order chi connectivity index (χ1) is 9.72. The van der Waals surface area contributed by atoms with Gasteiger partial charge in [0.2, 0.25) is 5.09 Å². The molecule has 1 heterocycles. The van der Waals surface area contributed by atoms with Crippen molar-refractivity contribution in [2.45, 2.75) is 18.1 Å². The predicted octanol–water partition coefficient (Wildman–Crippen LogP) is -0.247. The lowest BCUT2D eigenvalue weighted by Crippen LogP contribution is -2.43. The molecule has 0 aliphatic heterocycles. The van der Waals surface area contributed by atoms with E-state index in [0.29, 0.717) is 0 Å². The molecule has 1 aromatic heterocycles. The summed E-state index contributed by atoms with van der Waals surface area (Å²) in [5, 5.41) is 8.31. The lowest BCUT2D eigenvalue weighted by Gasteiger charge is -2.12. The second kappa shape index (κ2) is 6.70. The Balaban J connectivity index is 3.08. The molecule has 0 bridgehead atoms. The Morgan fingerprint density at radius 3 is 2.52 bits per heavy atom. The van der Waals surface area contributed by atoms with Crippen molar-refractivity contribution < 1.29 is 37.0 Å². The molecule has 1 aromatic rings. The molecule has 0 fully saturated rings. The molecule has 9 nitrogen and oxygen atoms in total. The summed E-state index contributed by atoms with van der Waals surface area (Å²) in [7, 11) is -1.88. The van der Waals surface area contributed by atoms with Gasteiger partial charge in [0.15, 0.2) is 0 Å². The summed E-state index contributed by atoms with van der Waals surface area (Å²) in [4.78, 5) is 22.3. The highest BCUT2D eigenvalue weighted by molar-refractivity contribution is 7.89. The summed E-state index contributed by atoms with van der Waals surface area (Å²) in [6, 6.07) is -0.512. The number of sulfonamides is 1. The van der Waals surface area contributed by atoms with Crippen LogP contribution < -0.4 is 4.72 Å². The van der Waals surface area contributed by atoms with E-state index in [1.165, 1.54) is 14.0 Å². The van der Waals surface area contributed by atoms with Crippen molar-refractivity contribution in [3.05, 3.63) is 17.4 Å². The first kappa shape index (κ1) is 17.1. The fourth-order valence-corrected chi connectivity index (χ4v) is 2.63. The van der Waals surface area contributed by atoms with Gasteiger partial charge in [-0.2, -0.15) is 4.72 Å². The van der Waals surface area contributed by atoms with Crippen LogP contribution in [0.15, 0.2) is 15.6 Å². The molecule has 0 saturated heterocycles. The van der Waals surface area contributed by atoms with E-state index >= 15 is 0 Å². The Bertz CT molecular complexity index is 633. The Hall–Kier alpha value is -1.91. The zero-order valence-electron chi connectivity index (χ0n) is 11.6. The van der Waals surface area contributed by atoms with Crippen molar-refractivity contribution >= 4 is 22.0 Å². The predicted molar refractivity (Wildman–Crippen MR) is 68.4 cm³/mol. The number of carboxylic acids is 1. The number of aryl methyl sites for hydroxylation is 1. The number of hydrogen-bond donors (Lipinski definition) is 2. The van der Waals surface area contributed by atoms with E-state index in [4.69, 9.17) is 9.52 Å². The highest BCUT2D eigenvalue weighted by Crippen LogP contribution is 2.20. The molecule has 0 aliphatic rings. The molecule has 118 valence electrons. The van der Waals surface area contributed by atoms with Crippen LogP contribution in [0.25, 0.3) is 0 Å². The monoisotopic (exact) mass is 321 g/mol. The van der Waals surface area contributed by atoms with Crippen LogP contribution in [0.4, 0.5) is 0 Å². The summed E-state index contributed by atoms with van der Waals surface area (Å²) in [6.45, 7) is 1.02. The summed E-state index contributed by atoms with van der Waals surface area (Å²) in [5.74, 6) is -2.12. The van der Waals surface area contributed by atoms with Crippen molar-refractivity contribution in [1.29, 1.82) is 0 Å². The van der Waals surface area contributed by atoms with Gasteiger partial charge in [-0.05, 0) is 6.92 Å². The van der Waals surface area contributed by atoms with Crippen LogP contribution in [0.1, 0.15) is 16.1 Å². The van der Waals surface area contributed by atoms with Crippen LogP contribution in [0.2, 0.25) is 0 Å². The number of nitrogens with one attached hydrogen (secondary N) is 1. The number of carbonyl (C=O) groups is 2. The second-order valence-electron chi connectivity index (χ2n) is 3.99. The molecule has 1 unspecified atom stereocenters. The highest BCUT2D eigenvalue weighted by Gasteiger charge is 2.29. The molecule has 2 N–H and O–H groups in total. The van der Waals surface area contributed by atoms with E-state index in [1.54, 1.807) is 0 Å². The number of hydrogen-bond acceptors (Lipinski definition) is 7. The zero-order valence-corrected chi connectivity index (χ0v) is 12.4. The van der Waals surface area contributed by atoms with Gasteiger partial charge in [0.1, 0.15) is 17.4 Å². The Morgan fingerprint density at radius 1 is 1.43 bits per heavy atom. The van der Waals surface area contributed by atoms with E-state index in [-0.39, 0.29) is 17.9 Å². The SMILES string of the molecule is COCC(NS(=O)(=O)c1cc(C(=O)OC)c(C)o1)C(=O)O. The summed E-state index contributed by atoms with van der Waals surface area (Å²) < 4.78 is 40.0. The van der Waals surface area contributed by atoms with Gasteiger partial charge in [0.05, 0.1) is 13.7 Å². The quantitative estimate of drug-likeness (QED) is 0.657. The second-order valence-corrected chi connectivity index (χ2v) is 5.64. The topological polar surface area (TPSA) is 132 Å². The number of carboxylic acid groups (broad SMARTS) is 1. The van der Waals surface area contributed by atoms with E-state index < -0.39 is 33.1 Å². The molecule has 1 atom stereocenters. The number of methoxy groups -OCH3 is 2. The first-order valence-electron chi connectivity index (χ1n) is 5.65. The van der Waals surface area contributed by atoms with Gasteiger partial charge >= 0.3 is 11.9 Å². The van der Waals surface area contributed by atoms with Gasteiger partial charge in [-0.15, -0.1) is 0 Å². The third kappa shape index (κ3) is 4.03. The molecule has 0 aromatic carbocycles. The van der Waals surface area contributed by atoms with Gasteiger partial charge in [-0.3, -0.25) is 4.79 Å². The molecule has 0 radical (unpaired) electrons. The van der Waals surface area contributed by atoms with Crippen LogP contribution >= 0.6 is 0 Å². The van der Waals surface area contributed by atoms with Crippen LogP contribution in [0, 0.1) is 6.92 Å². The number of esters is 1. The van der Waals surface area contributed by atoms with E-state index in [1.807, 2.05) is 4.72 Å². The molecule has 0 spiro atoms.